The summed E-state index contributed by atoms with van der Waals surface area (Å²) in [7, 11) is 0. The van der Waals surface area contributed by atoms with Crippen molar-refractivity contribution in [1.29, 1.82) is 0 Å². The van der Waals surface area contributed by atoms with Crippen LogP contribution in [-0.2, 0) is 0 Å². The Morgan fingerprint density at radius 3 is 2.56 bits per heavy atom. The van der Waals surface area contributed by atoms with E-state index in [-0.39, 0.29) is 12.4 Å². The first kappa shape index (κ1) is 21.5. The molecule has 0 aliphatic heterocycles. The number of allylic oxidation sites excluding steroid dienone is 1. The Balaban J connectivity index is 2.89. The highest BCUT2D eigenvalue weighted by molar-refractivity contribution is 6.32. The van der Waals surface area contributed by atoms with E-state index in [2.05, 4.69) is 13.5 Å². The predicted octanol–water partition coefficient (Wildman–Crippen LogP) is 5.26. The van der Waals surface area contributed by atoms with Gasteiger partial charge in [0.15, 0.2) is 0 Å². The van der Waals surface area contributed by atoms with Gasteiger partial charge in [-0.3, -0.25) is 0 Å². The minimum absolute atomic E-state index is 0.105. The lowest BCUT2D eigenvalue weighted by Gasteiger charge is -2.18. The van der Waals surface area contributed by atoms with Crippen LogP contribution in [0, 0.1) is 0 Å². The van der Waals surface area contributed by atoms with Crippen molar-refractivity contribution in [2.75, 3.05) is 6.61 Å². The van der Waals surface area contributed by atoms with Crippen LogP contribution >= 0.6 is 11.6 Å². The fraction of sp³-hybridized carbons (Fsp3) is 0.429. The molecule has 0 aromatic heterocycles. The van der Waals surface area contributed by atoms with Crippen LogP contribution < -0.4 is 0 Å². The van der Waals surface area contributed by atoms with Crippen LogP contribution in [0.1, 0.15) is 51.5 Å². The number of hydrogen-bond acceptors (Lipinski definition) is 3. The molecular weight excluding hydrogens is 336 g/mol. The molecule has 25 heavy (non-hydrogen) atoms. The minimum atomic E-state index is -0.643. The third-order valence-electron chi connectivity index (χ3n) is 4.16. The van der Waals surface area contributed by atoms with Crippen LogP contribution in [0.5, 0.6) is 5.75 Å². The second kappa shape index (κ2) is 11.1. The second-order valence-corrected chi connectivity index (χ2v) is 6.52. The van der Waals surface area contributed by atoms with Crippen molar-refractivity contribution in [2.24, 2.45) is 0 Å². The van der Waals surface area contributed by atoms with Gasteiger partial charge < -0.3 is 15.3 Å². The number of aliphatic hydroxyl groups is 2. The average molecular weight is 365 g/mol. The summed E-state index contributed by atoms with van der Waals surface area (Å²) in [5, 5.41) is 29.6. The van der Waals surface area contributed by atoms with E-state index in [9.17, 15) is 10.2 Å². The second-order valence-electron chi connectivity index (χ2n) is 6.11. The van der Waals surface area contributed by atoms with E-state index in [1.54, 1.807) is 18.2 Å². The number of halogens is 1. The van der Waals surface area contributed by atoms with Crippen LogP contribution in [-0.4, -0.2) is 28.0 Å². The number of phenols is 1. The lowest BCUT2D eigenvalue weighted by Crippen LogP contribution is -2.13. The lowest BCUT2D eigenvalue weighted by molar-refractivity contribution is 0.200. The van der Waals surface area contributed by atoms with Crippen molar-refractivity contribution in [3.63, 3.8) is 0 Å². The zero-order valence-corrected chi connectivity index (χ0v) is 15.9. The highest BCUT2D eigenvalue weighted by Crippen LogP contribution is 2.27. The van der Waals surface area contributed by atoms with Crippen molar-refractivity contribution < 1.29 is 15.3 Å². The molecule has 3 nitrogen and oxygen atoms in total. The summed E-state index contributed by atoms with van der Waals surface area (Å²) in [4.78, 5) is 0. The van der Waals surface area contributed by atoms with Gasteiger partial charge >= 0.3 is 0 Å². The third kappa shape index (κ3) is 7.07. The van der Waals surface area contributed by atoms with Gasteiger partial charge in [0.25, 0.3) is 0 Å². The summed E-state index contributed by atoms with van der Waals surface area (Å²) >= 11 is 6.19. The standard InChI is InChI=1S/C21H29ClO3/c1-4-6-16(13-17-8-9-18(24)14-20(17)22)7-10-21(25)19(11-12-23)15(3)5-2/h8-9,11,13-14,21,23-25H,3-7,10,12H2,1-2H3/b16-13+,19-11-. The van der Waals surface area contributed by atoms with Gasteiger partial charge in [-0.25, -0.2) is 0 Å². The Bertz CT molecular complexity index is 632. The van der Waals surface area contributed by atoms with E-state index < -0.39 is 6.10 Å². The fourth-order valence-corrected chi connectivity index (χ4v) is 2.97. The molecule has 1 unspecified atom stereocenters. The molecule has 0 bridgehead atoms. The Kier molecular flexibility index (Phi) is 9.58. The van der Waals surface area contributed by atoms with Crippen molar-refractivity contribution in [3.05, 3.63) is 58.2 Å². The van der Waals surface area contributed by atoms with Crippen molar-refractivity contribution in [2.45, 2.75) is 52.1 Å². The first-order chi connectivity index (χ1) is 11.9. The molecule has 0 spiro atoms. The van der Waals surface area contributed by atoms with Crippen LogP contribution in [0.25, 0.3) is 6.08 Å². The number of aromatic hydroxyl groups is 1. The van der Waals surface area contributed by atoms with E-state index in [1.165, 1.54) is 11.6 Å². The van der Waals surface area contributed by atoms with Gasteiger partial charge in [0.2, 0.25) is 0 Å². The highest BCUT2D eigenvalue weighted by Gasteiger charge is 2.14. The van der Waals surface area contributed by atoms with Gasteiger partial charge in [-0.1, -0.05) is 56.2 Å². The zero-order chi connectivity index (χ0) is 18.8. The average Bonchev–Trinajstić information content (AvgIpc) is 2.59. The largest absolute Gasteiger partial charge is 0.508 e. The molecule has 3 N–H and O–H groups in total. The van der Waals surface area contributed by atoms with E-state index in [1.807, 2.05) is 13.0 Å². The van der Waals surface area contributed by atoms with Crippen LogP contribution in [0.3, 0.4) is 0 Å². The molecule has 4 heteroatoms. The van der Waals surface area contributed by atoms with Gasteiger partial charge in [0.1, 0.15) is 5.75 Å². The Labute approximate surface area is 156 Å². The molecule has 0 saturated carbocycles. The quantitative estimate of drug-likeness (QED) is 0.496. The smallest absolute Gasteiger partial charge is 0.117 e. The van der Waals surface area contributed by atoms with Gasteiger partial charge in [0.05, 0.1) is 17.7 Å². The molecule has 0 amide bonds. The molecular formula is C21H29ClO3. The SMILES string of the molecule is C=C(CC)/C(=C/CO)C(O)CC/C(=C/c1ccc(O)cc1Cl)CCC. The first-order valence-electron chi connectivity index (χ1n) is 8.77. The number of aliphatic hydroxyl groups excluding tert-OH is 2. The Morgan fingerprint density at radius 1 is 1.28 bits per heavy atom. The predicted molar refractivity (Wildman–Crippen MR) is 106 cm³/mol. The topological polar surface area (TPSA) is 60.7 Å². The maximum atomic E-state index is 10.5. The third-order valence-corrected chi connectivity index (χ3v) is 4.49. The normalized spacial score (nSPS) is 13.8. The summed E-state index contributed by atoms with van der Waals surface area (Å²) in [6.07, 6.45) is 6.96. The summed E-state index contributed by atoms with van der Waals surface area (Å²) in [5.74, 6) is 0.145. The van der Waals surface area contributed by atoms with Gasteiger partial charge in [-0.2, -0.15) is 0 Å². The molecule has 1 aromatic carbocycles. The molecule has 1 atom stereocenters. The molecule has 0 fully saturated rings. The number of hydrogen-bond donors (Lipinski definition) is 3. The monoisotopic (exact) mass is 364 g/mol. The molecule has 0 heterocycles. The van der Waals surface area contributed by atoms with Crippen molar-refractivity contribution in [3.8, 4) is 5.75 Å². The lowest BCUT2D eigenvalue weighted by atomic mass is 9.93. The maximum absolute atomic E-state index is 10.5. The molecule has 1 rings (SSSR count). The van der Waals surface area contributed by atoms with Gasteiger partial charge in [0, 0.05) is 0 Å². The molecule has 0 aliphatic carbocycles. The maximum Gasteiger partial charge on any atom is 0.117 e. The Morgan fingerprint density at radius 2 is 2.00 bits per heavy atom. The number of benzene rings is 1. The van der Waals surface area contributed by atoms with E-state index >= 15 is 0 Å². The first-order valence-corrected chi connectivity index (χ1v) is 9.15. The molecule has 0 aliphatic rings. The van der Waals surface area contributed by atoms with E-state index in [0.29, 0.717) is 11.4 Å². The summed E-state index contributed by atoms with van der Waals surface area (Å²) in [6, 6.07) is 4.93. The fourth-order valence-electron chi connectivity index (χ4n) is 2.74. The van der Waals surface area contributed by atoms with Crippen LogP contribution in [0.15, 0.2) is 47.6 Å². The number of phenolic OH excluding ortho intramolecular Hbond substituents is 1. The summed E-state index contributed by atoms with van der Waals surface area (Å²) in [5.41, 5.74) is 3.63. The molecule has 0 saturated heterocycles. The number of rotatable bonds is 10. The zero-order valence-electron chi connectivity index (χ0n) is 15.1. The van der Waals surface area contributed by atoms with Crippen molar-refractivity contribution >= 4 is 17.7 Å². The highest BCUT2D eigenvalue weighted by atomic mass is 35.5. The minimum Gasteiger partial charge on any atom is -0.508 e. The van der Waals surface area contributed by atoms with E-state index in [0.717, 1.165) is 42.4 Å². The van der Waals surface area contributed by atoms with Crippen LogP contribution in [0.4, 0.5) is 0 Å². The van der Waals surface area contributed by atoms with Gasteiger partial charge in [-0.15, -0.1) is 0 Å². The molecule has 138 valence electrons. The van der Waals surface area contributed by atoms with Crippen molar-refractivity contribution in [1.82, 2.24) is 0 Å². The summed E-state index contributed by atoms with van der Waals surface area (Å²) < 4.78 is 0. The summed E-state index contributed by atoms with van der Waals surface area (Å²) in [6.45, 7) is 7.96. The molecule has 0 radical (unpaired) electrons. The molecule has 1 aromatic rings. The van der Waals surface area contributed by atoms with E-state index in [4.69, 9.17) is 16.7 Å². The Hall–Kier alpha value is -1.55. The van der Waals surface area contributed by atoms with Crippen LogP contribution in [0.2, 0.25) is 5.02 Å². The van der Waals surface area contributed by atoms with Gasteiger partial charge in [-0.05, 0) is 60.6 Å².